The third kappa shape index (κ3) is 16.0. The molecule has 0 spiro atoms. The number of benzene rings is 2. The van der Waals surface area contributed by atoms with Crippen LogP contribution in [0.5, 0.6) is 0 Å². The lowest BCUT2D eigenvalue weighted by Crippen LogP contribution is -2.29. The van der Waals surface area contributed by atoms with Crippen molar-refractivity contribution in [3.63, 3.8) is 0 Å². The summed E-state index contributed by atoms with van der Waals surface area (Å²) in [6.45, 7) is 16.7. The summed E-state index contributed by atoms with van der Waals surface area (Å²) in [5.41, 5.74) is -1.72. The Morgan fingerprint density at radius 2 is 0.759 bits per heavy atom. The number of ketones is 1. The number of hydrogen-bond donors (Lipinski definition) is 0. The Morgan fingerprint density at radius 1 is 0.431 bits per heavy atom. The predicted molar refractivity (Wildman–Crippen MR) is 231 cm³/mol. The van der Waals surface area contributed by atoms with Gasteiger partial charge in [-0.25, -0.2) is 19.2 Å². The van der Waals surface area contributed by atoms with Gasteiger partial charge in [0.05, 0.1) is 48.7 Å². The zero-order valence-corrected chi connectivity index (χ0v) is 37.1. The molecular weight excluding hydrogens is 733 g/mol. The maximum atomic E-state index is 14.7. The Morgan fingerprint density at radius 3 is 1.10 bits per heavy atom. The van der Waals surface area contributed by atoms with Gasteiger partial charge in [-0.1, -0.05) is 163 Å². The Bertz CT molecular complexity index is 1550. The lowest BCUT2D eigenvalue weighted by atomic mass is 9.87. The van der Waals surface area contributed by atoms with Crippen molar-refractivity contribution in [2.45, 2.75) is 158 Å². The van der Waals surface area contributed by atoms with E-state index in [0.29, 0.717) is 0 Å². The van der Waals surface area contributed by atoms with Crippen LogP contribution in [0.1, 0.15) is 215 Å². The lowest BCUT2D eigenvalue weighted by Gasteiger charge is -2.22. The number of rotatable bonds is 30. The Kier molecular flexibility index (Phi) is 24.6. The van der Waals surface area contributed by atoms with E-state index >= 15 is 0 Å². The molecule has 9 nitrogen and oxygen atoms in total. The molecule has 2 aromatic rings. The molecule has 0 saturated carbocycles. The van der Waals surface area contributed by atoms with Crippen molar-refractivity contribution in [1.82, 2.24) is 0 Å². The third-order valence-corrected chi connectivity index (χ3v) is 11.4. The molecule has 0 N–H and O–H groups in total. The normalized spacial score (nSPS) is 13.2. The molecule has 324 valence electrons. The second-order valence-corrected chi connectivity index (χ2v) is 15.9. The smallest absolute Gasteiger partial charge is 0.339 e. The molecule has 0 aliphatic rings. The Hall–Kier alpha value is -4.01. The number of carbonyl (C=O) groups is 5. The fourth-order valence-electron chi connectivity index (χ4n) is 7.06. The van der Waals surface area contributed by atoms with Gasteiger partial charge in [0.1, 0.15) is 0 Å². The molecule has 0 heterocycles. The van der Waals surface area contributed by atoms with Crippen LogP contribution in [-0.4, -0.2) is 56.1 Å². The SMILES string of the molecule is CCCCC(CC)COC(=O)c1cc(C(=O)c2ccccc2)c(C(=O)OCC(CC)CCCC)c(C(=O)OCC(CC)CCCC)c1C(=O)OCC(CC)CCCC. The van der Waals surface area contributed by atoms with Gasteiger partial charge in [-0.05, 0) is 55.4 Å². The monoisotopic (exact) mass is 807 g/mol. The summed E-state index contributed by atoms with van der Waals surface area (Å²) < 4.78 is 23.8. The van der Waals surface area contributed by atoms with Crippen molar-refractivity contribution in [1.29, 1.82) is 0 Å². The molecule has 9 heteroatoms. The largest absolute Gasteiger partial charge is 0.462 e. The topological polar surface area (TPSA) is 122 Å². The zero-order valence-electron chi connectivity index (χ0n) is 37.1. The molecule has 0 saturated heterocycles. The van der Waals surface area contributed by atoms with E-state index in [2.05, 4.69) is 27.7 Å². The molecule has 0 aliphatic heterocycles. The highest BCUT2D eigenvalue weighted by atomic mass is 16.5. The van der Waals surface area contributed by atoms with E-state index in [0.717, 1.165) is 103 Å². The number of hydrogen-bond acceptors (Lipinski definition) is 9. The summed E-state index contributed by atoms with van der Waals surface area (Å²) in [5.74, 6) is -4.26. The summed E-state index contributed by atoms with van der Waals surface area (Å²) in [4.78, 5) is 72.6. The summed E-state index contributed by atoms with van der Waals surface area (Å²) in [7, 11) is 0. The lowest BCUT2D eigenvalue weighted by molar-refractivity contribution is 0.0345. The van der Waals surface area contributed by atoms with Crippen LogP contribution in [-0.2, 0) is 18.9 Å². The van der Waals surface area contributed by atoms with Crippen molar-refractivity contribution in [2.24, 2.45) is 23.7 Å². The minimum Gasteiger partial charge on any atom is -0.462 e. The third-order valence-electron chi connectivity index (χ3n) is 11.4. The van der Waals surface area contributed by atoms with Crippen LogP contribution >= 0.6 is 0 Å². The maximum Gasteiger partial charge on any atom is 0.339 e. The number of carbonyl (C=O) groups excluding carboxylic acids is 5. The number of unbranched alkanes of at least 4 members (excludes halogenated alkanes) is 4. The van der Waals surface area contributed by atoms with Gasteiger partial charge in [-0.3, -0.25) is 4.79 Å². The first-order valence-corrected chi connectivity index (χ1v) is 22.5. The van der Waals surface area contributed by atoms with Gasteiger partial charge < -0.3 is 18.9 Å². The fourth-order valence-corrected chi connectivity index (χ4v) is 7.06. The molecule has 2 aromatic carbocycles. The second kappa shape index (κ2) is 28.4. The summed E-state index contributed by atoms with van der Waals surface area (Å²) in [5, 5.41) is 0. The van der Waals surface area contributed by atoms with Crippen molar-refractivity contribution in [3.05, 3.63) is 69.8 Å². The average molecular weight is 807 g/mol. The van der Waals surface area contributed by atoms with Gasteiger partial charge in [-0.2, -0.15) is 0 Å². The average Bonchev–Trinajstić information content (AvgIpc) is 3.25. The summed E-state index contributed by atoms with van der Waals surface area (Å²) >= 11 is 0. The molecule has 0 radical (unpaired) electrons. The first-order chi connectivity index (χ1) is 28.0. The van der Waals surface area contributed by atoms with Gasteiger partial charge in [0.15, 0.2) is 5.78 Å². The van der Waals surface area contributed by atoms with E-state index in [9.17, 15) is 24.0 Å². The van der Waals surface area contributed by atoms with Crippen LogP contribution in [0.25, 0.3) is 0 Å². The minimum absolute atomic E-state index is 0.0222. The maximum absolute atomic E-state index is 14.7. The van der Waals surface area contributed by atoms with Gasteiger partial charge in [0.2, 0.25) is 0 Å². The van der Waals surface area contributed by atoms with Crippen LogP contribution in [0, 0.1) is 23.7 Å². The van der Waals surface area contributed by atoms with Crippen LogP contribution in [0.15, 0.2) is 36.4 Å². The molecule has 0 aliphatic carbocycles. The molecule has 4 unspecified atom stereocenters. The Labute approximate surface area is 349 Å². The molecule has 4 atom stereocenters. The first kappa shape index (κ1) is 50.1. The van der Waals surface area contributed by atoms with Crippen LogP contribution in [0.2, 0.25) is 0 Å². The molecular formula is C49H74O9. The van der Waals surface area contributed by atoms with Gasteiger partial charge in [-0.15, -0.1) is 0 Å². The second-order valence-electron chi connectivity index (χ2n) is 15.9. The highest BCUT2D eigenvalue weighted by Gasteiger charge is 2.38. The molecule has 2 rings (SSSR count). The van der Waals surface area contributed by atoms with Gasteiger partial charge >= 0.3 is 23.9 Å². The standard InChI is InChI=1S/C49H74O9/c1-9-17-24-35(13-5)31-55-46(51)41-30-40(45(50)39-28-22-21-23-29-39)42(47(52)56-32-36(14-6)25-18-10-2)44(49(54)58-34-38(16-8)27-20-12-4)43(41)48(53)57-33-37(15-7)26-19-11-3/h21-23,28-30,35-38H,9-20,24-27,31-34H2,1-8H3. The van der Waals surface area contributed by atoms with Crippen LogP contribution in [0.4, 0.5) is 0 Å². The van der Waals surface area contributed by atoms with Crippen molar-refractivity contribution < 1.29 is 42.9 Å². The van der Waals surface area contributed by atoms with E-state index in [-0.39, 0.29) is 66.8 Å². The summed E-state index contributed by atoms with van der Waals surface area (Å²) in [6.07, 6.45) is 14.0. The van der Waals surface area contributed by atoms with Gasteiger partial charge in [0, 0.05) is 11.1 Å². The van der Waals surface area contributed by atoms with Crippen molar-refractivity contribution in [2.75, 3.05) is 26.4 Å². The Balaban J connectivity index is 3.00. The quantitative estimate of drug-likeness (QED) is 0.0431. The van der Waals surface area contributed by atoms with Crippen molar-refractivity contribution in [3.8, 4) is 0 Å². The molecule has 0 amide bonds. The number of esters is 4. The summed E-state index contributed by atoms with van der Waals surface area (Å²) in [6, 6.07) is 9.53. The molecule has 0 aromatic heterocycles. The van der Waals surface area contributed by atoms with Crippen molar-refractivity contribution >= 4 is 29.7 Å². The molecule has 0 bridgehead atoms. The van der Waals surface area contributed by atoms with Gasteiger partial charge in [0.25, 0.3) is 0 Å². The fraction of sp³-hybridized carbons (Fsp3) is 0.653. The van der Waals surface area contributed by atoms with E-state index in [1.54, 1.807) is 30.3 Å². The highest BCUT2D eigenvalue weighted by Crippen LogP contribution is 2.31. The van der Waals surface area contributed by atoms with Crippen LogP contribution in [0.3, 0.4) is 0 Å². The predicted octanol–water partition coefficient (Wildman–Crippen LogP) is 12.4. The zero-order chi connectivity index (χ0) is 42.9. The van der Waals surface area contributed by atoms with E-state index in [4.69, 9.17) is 18.9 Å². The molecule has 58 heavy (non-hydrogen) atoms. The van der Waals surface area contributed by atoms with E-state index in [1.807, 2.05) is 27.7 Å². The molecule has 0 fully saturated rings. The highest BCUT2D eigenvalue weighted by molar-refractivity contribution is 6.22. The first-order valence-electron chi connectivity index (χ1n) is 22.5. The number of ether oxygens (including phenoxy) is 4. The van der Waals surface area contributed by atoms with E-state index < -0.39 is 46.4 Å². The minimum atomic E-state index is -1.00. The van der Waals surface area contributed by atoms with Crippen LogP contribution < -0.4 is 0 Å². The van der Waals surface area contributed by atoms with E-state index in [1.165, 1.54) is 6.07 Å².